The van der Waals surface area contributed by atoms with Crippen LogP contribution in [0.5, 0.6) is 0 Å². The molecule has 0 rings (SSSR count). The first kappa shape index (κ1) is 15.6. The van der Waals surface area contributed by atoms with Crippen molar-refractivity contribution < 1.29 is 23.8 Å². The van der Waals surface area contributed by atoms with E-state index in [4.69, 9.17) is 9.57 Å². The second kappa shape index (κ2) is 6.39. The Bertz CT molecular complexity index is 308. The summed E-state index contributed by atoms with van der Waals surface area (Å²) < 4.78 is 4.96. The van der Waals surface area contributed by atoms with Crippen molar-refractivity contribution in [3.05, 3.63) is 12.2 Å². The SMILES string of the molecule is C=C(C)C(=[O+])OCC[N+](C)(C)OC(=O)C(C)C. The molecule has 0 aliphatic rings. The van der Waals surface area contributed by atoms with Crippen LogP contribution >= 0.6 is 0 Å². The molecule has 0 aliphatic carbocycles. The van der Waals surface area contributed by atoms with Gasteiger partial charge < -0.3 is 4.74 Å². The Kier molecular flexibility index (Phi) is 5.88. The normalized spacial score (nSPS) is 11.2. The van der Waals surface area contributed by atoms with E-state index >= 15 is 0 Å². The molecule has 0 bridgehead atoms. The van der Waals surface area contributed by atoms with Gasteiger partial charge in [0, 0.05) is 0 Å². The predicted octanol–water partition coefficient (Wildman–Crippen LogP) is 1.30. The summed E-state index contributed by atoms with van der Waals surface area (Å²) in [6.45, 7) is 9.18. The van der Waals surface area contributed by atoms with Crippen molar-refractivity contribution in [3.63, 3.8) is 0 Å². The maximum Gasteiger partial charge on any atom is 0.602 e. The van der Waals surface area contributed by atoms with E-state index in [9.17, 15) is 9.59 Å². The Morgan fingerprint density at radius 2 is 1.94 bits per heavy atom. The molecule has 0 saturated heterocycles. The maximum atomic E-state index is 11.4. The van der Waals surface area contributed by atoms with Crippen molar-refractivity contribution in [2.75, 3.05) is 27.2 Å². The van der Waals surface area contributed by atoms with Crippen LogP contribution in [-0.4, -0.2) is 43.8 Å². The topological polar surface area (TPSA) is 55.4 Å². The van der Waals surface area contributed by atoms with E-state index in [1.165, 1.54) is 0 Å². The molecule has 0 spiro atoms. The van der Waals surface area contributed by atoms with Gasteiger partial charge in [-0.2, -0.15) is 0 Å². The van der Waals surface area contributed by atoms with Gasteiger partial charge in [-0.25, -0.2) is 4.79 Å². The number of carbonyl (C=O) groups is 2. The van der Waals surface area contributed by atoms with Gasteiger partial charge in [-0.1, -0.05) is 20.4 Å². The molecule has 0 fully saturated rings. The van der Waals surface area contributed by atoms with E-state index in [0.717, 1.165) is 0 Å². The summed E-state index contributed by atoms with van der Waals surface area (Å²) in [4.78, 5) is 27.8. The number of hydrogen-bond donors (Lipinski definition) is 0. The molecule has 97 valence electrons. The number of rotatable bonds is 6. The number of quaternary nitrogens is 1. The standard InChI is InChI=1S/C12H22NO4/c1-9(2)11(14)16-8-7-13(5,6)17-12(15)10(3)4/h10H,1,7-8H2,2-6H3/q+2. The lowest BCUT2D eigenvalue weighted by atomic mass is 10.2. The van der Waals surface area contributed by atoms with Crippen LogP contribution in [0.25, 0.3) is 0 Å². The number of esters is 1. The van der Waals surface area contributed by atoms with E-state index in [1.54, 1.807) is 34.9 Å². The molecule has 0 aromatic rings. The summed E-state index contributed by atoms with van der Waals surface area (Å²) in [5.74, 6) is -0.883. The second-order valence-electron chi connectivity index (χ2n) is 4.78. The van der Waals surface area contributed by atoms with Crippen molar-refractivity contribution >= 4 is 11.9 Å². The fourth-order valence-electron chi connectivity index (χ4n) is 0.876. The third-order valence-corrected chi connectivity index (χ3v) is 2.02. The number of hydrogen-bond acceptors (Lipinski definition) is 4. The van der Waals surface area contributed by atoms with Gasteiger partial charge in [0.25, 0.3) is 0 Å². The van der Waals surface area contributed by atoms with Crippen molar-refractivity contribution in [2.45, 2.75) is 20.8 Å². The summed E-state index contributed by atoms with van der Waals surface area (Å²) in [6.07, 6.45) is 0. The van der Waals surface area contributed by atoms with Gasteiger partial charge in [-0.05, 0) is 6.92 Å². The lowest BCUT2D eigenvalue weighted by Crippen LogP contribution is -2.45. The molecule has 0 amide bonds. The Hall–Kier alpha value is -1.36. The fraction of sp³-hybridized carbons (Fsp3) is 0.667. The lowest BCUT2D eigenvalue weighted by molar-refractivity contribution is -1.06. The highest BCUT2D eigenvalue weighted by molar-refractivity contribution is 5.86. The number of ether oxygens (including phenoxy) is 1. The Morgan fingerprint density at radius 1 is 1.41 bits per heavy atom. The minimum absolute atomic E-state index is 0.0283. The number of nitrogens with zero attached hydrogens (tertiary/aromatic N) is 1. The maximum absolute atomic E-state index is 11.4. The highest BCUT2D eigenvalue weighted by atomic mass is 16.7. The van der Waals surface area contributed by atoms with Crippen LogP contribution in [0.3, 0.4) is 0 Å². The summed E-state index contributed by atoms with van der Waals surface area (Å²) in [6, 6.07) is 0. The van der Waals surface area contributed by atoms with Crippen molar-refractivity contribution in [3.8, 4) is 0 Å². The quantitative estimate of drug-likeness (QED) is 0.232. The molecule has 0 unspecified atom stereocenters. The van der Waals surface area contributed by atoms with E-state index in [2.05, 4.69) is 6.58 Å². The van der Waals surface area contributed by atoms with E-state index < -0.39 is 5.97 Å². The fourth-order valence-corrected chi connectivity index (χ4v) is 0.876. The highest BCUT2D eigenvalue weighted by Crippen LogP contribution is 2.05. The zero-order valence-corrected chi connectivity index (χ0v) is 11.3. The van der Waals surface area contributed by atoms with E-state index in [1.807, 2.05) is 0 Å². The van der Waals surface area contributed by atoms with Crippen LogP contribution in [0, 0.1) is 5.92 Å². The molecule has 1 radical (unpaired) electrons. The van der Waals surface area contributed by atoms with Gasteiger partial charge in [-0.3, -0.25) is 4.84 Å². The molecule has 0 saturated carbocycles. The third kappa shape index (κ3) is 6.73. The van der Waals surface area contributed by atoms with Crippen LogP contribution in [0.4, 0.5) is 0 Å². The largest absolute Gasteiger partial charge is 0.602 e. The van der Waals surface area contributed by atoms with Crippen LogP contribution < -0.4 is 0 Å². The molecule has 0 aliphatic heterocycles. The third-order valence-electron chi connectivity index (χ3n) is 2.02. The summed E-state index contributed by atoms with van der Waals surface area (Å²) in [7, 11) is 3.46. The van der Waals surface area contributed by atoms with Crippen LogP contribution in [-0.2, 0) is 19.2 Å². The van der Waals surface area contributed by atoms with Gasteiger partial charge >= 0.3 is 11.9 Å². The van der Waals surface area contributed by atoms with Crippen LogP contribution in [0.15, 0.2) is 12.2 Å². The van der Waals surface area contributed by atoms with Gasteiger partial charge in [-0.15, -0.1) is 4.65 Å². The monoisotopic (exact) mass is 244 g/mol. The molecule has 0 aromatic heterocycles. The highest BCUT2D eigenvalue weighted by Gasteiger charge is 2.27. The van der Waals surface area contributed by atoms with Gasteiger partial charge in [0.15, 0.2) is 6.54 Å². The first-order valence-electron chi connectivity index (χ1n) is 5.55. The average molecular weight is 244 g/mol. The summed E-state index contributed by atoms with van der Waals surface area (Å²) in [5, 5.41) is 0. The molecule has 5 heteroatoms. The zero-order chi connectivity index (χ0) is 13.6. The Labute approximate surface area is 103 Å². The molecule has 17 heavy (non-hydrogen) atoms. The van der Waals surface area contributed by atoms with Crippen LogP contribution in [0.2, 0.25) is 0 Å². The molecule has 0 N–H and O–H groups in total. The molecule has 0 atom stereocenters. The summed E-state index contributed by atoms with van der Waals surface area (Å²) in [5.41, 5.74) is 0.356. The van der Waals surface area contributed by atoms with Gasteiger partial charge in [0.1, 0.15) is 14.1 Å². The molecule has 0 heterocycles. The molecule has 5 nitrogen and oxygen atoms in total. The van der Waals surface area contributed by atoms with Crippen LogP contribution in [0.1, 0.15) is 20.8 Å². The van der Waals surface area contributed by atoms with Crippen molar-refractivity contribution in [1.82, 2.24) is 0 Å². The molecule has 0 aromatic carbocycles. The zero-order valence-electron chi connectivity index (χ0n) is 11.3. The number of likely N-dealkylation sites (N-methyl/N-ethyl adjacent to an activating group) is 1. The van der Waals surface area contributed by atoms with Gasteiger partial charge in [0.05, 0.1) is 16.3 Å². The Balaban J connectivity index is 4.06. The Morgan fingerprint density at radius 3 is 2.35 bits per heavy atom. The molecular weight excluding hydrogens is 222 g/mol. The lowest BCUT2D eigenvalue weighted by Gasteiger charge is -2.25. The number of hydroxylamine groups is 3. The minimum atomic E-state index is -0.430. The van der Waals surface area contributed by atoms with E-state index in [-0.39, 0.29) is 23.1 Å². The number of carbonyl (C=O) groups excluding carboxylic acids is 2. The first-order valence-corrected chi connectivity index (χ1v) is 5.55. The van der Waals surface area contributed by atoms with E-state index in [0.29, 0.717) is 12.1 Å². The van der Waals surface area contributed by atoms with Crippen molar-refractivity contribution in [1.29, 1.82) is 0 Å². The molecular formula is C12H22NO4+2. The average Bonchev–Trinajstić information content (AvgIpc) is 2.15. The van der Waals surface area contributed by atoms with Crippen molar-refractivity contribution in [2.24, 2.45) is 5.92 Å². The predicted molar refractivity (Wildman–Crippen MR) is 63.7 cm³/mol. The first-order chi connectivity index (χ1) is 7.65. The van der Waals surface area contributed by atoms with Gasteiger partial charge in [0.2, 0.25) is 6.61 Å². The summed E-state index contributed by atoms with van der Waals surface area (Å²) >= 11 is 0. The second-order valence-corrected chi connectivity index (χ2v) is 4.78. The minimum Gasteiger partial charge on any atom is -0.306 e. The smallest absolute Gasteiger partial charge is 0.306 e.